The lowest BCUT2D eigenvalue weighted by Crippen LogP contribution is -2.71. The number of aromatic hydroxyl groups is 1. The number of hydrogen-bond donors (Lipinski definition) is 6. The Hall–Kier alpha value is -3.35. The van der Waals surface area contributed by atoms with Gasteiger partial charge in [-0.1, -0.05) is 26.0 Å². The highest BCUT2D eigenvalue weighted by atomic mass is 16.4. The number of phenolic OH excluding ortho intramolecular Hbond substituents is 1. The van der Waals surface area contributed by atoms with E-state index in [0.717, 1.165) is 6.92 Å². The van der Waals surface area contributed by atoms with Gasteiger partial charge in [-0.15, -0.1) is 0 Å². The molecule has 4 atom stereocenters. The van der Waals surface area contributed by atoms with Crippen LogP contribution in [0.25, 0.3) is 0 Å². The van der Waals surface area contributed by atoms with Crippen LogP contribution < -0.4 is 17.2 Å². The highest BCUT2D eigenvalue weighted by Crippen LogP contribution is 2.28. The highest BCUT2D eigenvalue weighted by Gasteiger charge is 2.59. The van der Waals surface area contributed by atoms with Crippen LogP contribution in [-0.2, 0) is 30.4 Å². The van der Waals surface area contributed by atoms with Crippen LogP contribution in [0.3, 0.4) is 0 Å². The van der Waals surface area contributed by atoms with E-state index in [4.69, 9.17) is 17.2 Å². The number of ketones is 1. The van der Waals surface area contributed by atoms with Gasteiger partial charge in [-0.2, -0.15) is 0 Å². The minimum absolute atomic E-state index is 0.0534. The number of carboxylic acid groups (broad SMARTS) is 2. The molecule has 0 aromatic heterocycles. The van der Waals surface area contributed by atoms with E-state index in [1.165, 1.54) is 38.1 Å². The quantitative estimate of drug-likeness (QED) is 0.212. The minimum atomic E-state index is -3.18. The van der Waals surface area contributed by atoms with Crippen LogP contribution in [0.15, 0.2) is 24.3 Å². The topological polar surface area (TPSA) is 227 Å². The molecule has 0 spiro atoms. The van der Waals surface area contributed by atoms with Gasteiger partial charge in [-0.3, -0.25) is 24.1 Å². The van der Waals surface area contributed by atoms with Crippen LogP contribution in [0.2, 0.25) is 0 Å². The van der Waals surface area contributed by atoms with Gasteiger partial charge in [0.1, 0.15) is 5.75 Å². The average Bonchev–Trinajstić information content (AvgIpc) is 2.72. The van der Waals surface area contributed by atoms with Crippen molar-refractivity contribution in [1.82, 2.24) is 4.90 Å². The molecule has 0 aliphatic rings. The third-order valence-corrected chi connectivity index (χ3v) is 5.11. The summed E-state index contributed by atoms with van der Waals surface area (Å²) in [4.78, 5) is 63.7. The van der Waals surface area contributed by atoms with Gasteiger partial charge in [0.2, 0.25) is 17.4 Å². The fourth-order valence-electron chi connectivity index (χ4n) is 3.18. The number of nitrogens with two attached hydrogens (primary N) is 3. The molecular weight excluding hydrogens is 436 g/mol. The number of carbonyl (C=O) groups excluding carboxylic acids is 3. The Morgan fingerprint density at radius 1 is 0.939 bits per heavy atom. The Morgan fingerprint density at radius 2 is 1.45 bits per heavy atom. The van der Waals surface area contributed by atoms with Gasteiger partial charge in [-0.25, -0.2) is 4.79 Å². The van der Waals surface area contributed by atoms with Gasteiger partial charge in [0.25, 0.3) is 0 Å². The molecule has 0 saturated carbocycles. The second-order valence-electron chi connectivity index (χ2n) is 8.15. The van der Waals surface area contributed by atoms with Crippen molar-refractivity contribution in [3.8, 4) is 5.75 Å². The summed E-state index contributed by atoms with van der Waals surface area (Å²) in [5, 5.41) is 28.9. The number of carboxylic acids is 2. The maximum Gasteiger partial charge on any atom is 0.338 e. The van der Waals surface area contributed by atoms with Crippen LogP contribution in [0.1, 0.15) is 32.8 Å². The van der Waals surface area contributed by atoms with Gasteiger partial charge in [-0.05, 0) is 37.0 Å². The zero-order valence-electron chi connectivity index (χ0n) is 18.6. The van der Waals surface area contributed by atoms with E-state index in [1.54, 1.807) is 0 Å². The Bertz CT molecular complexity index is 915. The average molecular weight is 466 g/mol. The summed E-state index contributed by atoms with van der Waals surface area (Å²) in [6.07, 6.45) is -1.71. The largest absolute Gasteiger partial charge is 0.508 e. The van der Waals surface area contributed by atoms with E-state index in [2.05, 4.69) is 0 Å². The number of imide groups is 1. The van der Waals surface area contributed by atoms with E-state index in [9.17, 15) is 39.3 Å². The molecule has 9 N–H and O–H groups in total. The summed E-state index contributed by atoms with van der Waals surface area (Å²) in [6.45, 7) is 4.20. The number of hydrogen-bond acceptors (Lipinski definition) is 9. The molecule has 0 fully saturated rings. The Balaban J connectivity index is 3.70. The van der Waals surface area contributed by atoms with Crippen LogP contribution in [0.4, 0.5) is 0 Å². The lowest BCUT2D eigenvalue weighted by Gasteiger charge is -2.40. The molecule has 0 radical (unpaired) electrons. The zero-order valence-corrected chi connectivity index (χ0v) is 18.6. The molecule has 0 saturated heterocycles. The molecule has 1 aromatic carbocycles. The van der Waals surface area contributed by atoms with Crippen LogP contribution in [-0.4, -0.2) is 73.4 Å². The number of rotatable bonds is 11. The summed E-state index contributed by atoms with van der Waals surface area (Å²) in [5.74, 6) is -8.41. The maximum atomic E-state index is 13.4. The molecule has 182 valence electrons. The molecule has 1 aromatic rings. The van der Waals surface area contributed by atoms with Crippen molar-refractivity contribution in [3.05, 3.63) is 29.8 Å². The summed E-state index contributed by atoms with van der Waals surface area (Å²) in [5.41, 5.74) is 14.6. The maximum absolute atomic E-state index is 13.4. The molecular formula is C21H30N4O8. The van der Waals surface area contributed by atoms with Gasteiger partial charge in [0.15, 0.2) is 5.78 Å². The lowest BCUT2D eigenvalue weighted by atomic mass is 9.81. The van der Waals surface area contributed by atoms with Gasteiger partial charge >= 0.3 is 11.9 Å². The second kappa shape index (κ2) is 11.0. The van der Waals surface area contributed by atoms with Crippen LogP contribution >= 0.6 is 0 Å². The first-order chi connectivity index (χ1) is 15.2. The molecule has 0 aliphatic heterocycles. The van der Waals surface area contributed by atoms with E-state index >= 15 is 0 Å². The number of amides is 2. The number of nitrogens with zero attached hydrogens (tertiary/aromatic N) is 1. The Morgan fingerprint density at radius 3 is 1.85 bits per heavy atom. The van der Waals surface area contributed by atoms with Crippen molar-refractivity contribution >= 4 is 29.5 Å². The van der Waals surface area contributed by atoms with E-state index in [-0.39, 0.29) is 17.1 Å². The van der Waals surface area contributed by atoms with Crippen LogP contribution in [0, 0.1) is 5.92 Å². The molecule has 33 heavy (non-hydrogen) atoms. The van der Waals surface area contributed by atoms with E-state index in [0.29, 0.717) is 5.56 Å². The normalized spacial score (nSPS) is 15.7. The smallest absolute Gasteiger partial charge is 0.338 e. The zero-order chi connectivity index (χ0) is 25.7. The molecule has 4 unspecified atom stereocenters. The van der Waals surface area contributed by atoms with Crippen molar-refractivity contribution < 1.29 is 39.3 Å². The molecule has 0 aliphatic carbocycles. The minimum Gasteiger partial charge on any atom is -0.508 e. The monoisotopic (exact) mass is 466 g/mol. The molecule has 0 bridgehead atoms. The fourth-order valence-corrected chi connectivity index (χ4v) is 3.18. The number of carbonyl (C=O) groups is 5. The third-order valence-electron chi connectivity index (χ3n) is 5.11. The summed E-state index contributed by atoms with van der Waals surface area (Å²) < 4.78 is 0. The van der Waals surface area contributed by atoms with Crippen molar-refractivity contribution in [1.29, 1.82) is 0 Å². The number of benzene rings is 1. The first-order valence-electron chi connectivity index (χ1n) is 10.1. The van der Waals surface area contributed by atoms with E-state index < -0.39 is 65.5 Å². The molecule has 12 nitrogen and oxygen atoms in total. The van der Waals surface area contributed by atoms with Crippen molar-refractivity contribution in [2.75, 3.05) is 0 Å². The van der Waals surface area contributed by atoms with Crippen molar-refractivity contribution in [2.24, 2.45) is 23.1 Å². The van der Waals surface area contributed by atoms with E-state index in [1.807, 2.05) is 0 Å². The summed E-state index contributed by atoms with van der Waals surface area (Å²) >= 11 is 0. The molecule has 1 rings (SSSR count). The third kappa shape index (κ3) is 6.12. The highest BCUT2D eigenvalue weighted by molar-refractivity contribution is 6.19. The standard InChI is InChI=1S/C21H30N4O8/c1-10(2)16(24)19(31)25(18(30)11(3)22)21(20(32)33,9-15(27)28)17(29)14(23)8-12-4-6-13(26)7-5-12/h4-7,10-11,14,16,26H,8-9,22-24H2,1-3H3,(H,27,28)(H,32,33). The Labute approximate surface area is 190 Å². The van der Waals surface area contributed by atoms with Gasteiger partial charge in [0.05, 0.1) is 24.5 Å². The molecule has 12 heteroatoms. The number of phenols is 1. The van der Waals surface area contributed by atoms with Crippen molar-refractivity contribution in [2.45, 2.75) is 57.3 Å². The Kier molecular flexibility index (Phi) is 9.22. The SMILES string of the molecule is CC(N)C(=O)N(C(=O)C(N)C(C)C)C(CC(=O)O)(C(=O)O)C(=O)C(N)Cc1ccc(O)cc1. The number of aliphatic carboxylic acids is 2. The number of Topliss-reactive ketones (excluding diaryl/α,β-unsaturated/α-hetero) is 1. The molecule has 0 heterocycles. The van der Waals surface area contributed by atoms with Crippen LogP contribution in [0.5, 0.6) is 5.75 Å². The second-order valence-corrected chi connectivity index (χ2v) is 8.15. The molecule has 2 amide bonds. The summed E-state index contributed by atoms with van der Waals surface area (Å²) in [6, 6.07) is 0.954. The predicted octanol–water partition coefficient (Wildman–Crippen LogP) is -1.19. The van der Waals surface area contributed by atoms with Gasteiger partial charge < -0.3 is 32.5 Å². The lowest BCUT2D eigenvalue weighted by molar-refractivity contribution is -0.175. The fraction of sp³-hybridized carbons (Fsp3) is 0.476. The van der Waals surface area contributed by atoms with Crippen molar-refractivity contribution in [3.63, 3.8) is 0 Å². The first kappa shape index (κ1) is 27.7. The van der Waals surface area contributed by atoms with Gasteiger partial charge in [0, 0.05) is 0 Å². The predicted molar refractivity (Wildman–Crippen MR) is 116 cm³/mol. The first-order valence-corrected chi connectivity index (χ1v) is 10.1. The summed E-state index contributed by atoms with van der Waals surface area (Å²) in [7, 11) is 0.